The second-order valence-corrected chi connectivity index (χ2v) is 4.69. The van der Waals surface area contributed by atoms with Gasteiger partial charge in [-0.1, -0.05) is 5.16 Å². The van der Waals surface area contributed by atoms with Crippen LogP contribution in [0.4, 0.5) is 5.69 Å². The van der Waals surface area contributed by atoms with Crippen molar-refractivity contribution in [2.24, 2.45) is 10.9 Å². The number of amidine groups is 1. The van der Waals surface area contributed by atoms with E-state index in [1.807, 2.05) is 0 Å². The van der Waals surface area contributed by atoms with Crippen LogP contribution in [0.2, 0.25) is 0 Å². The Hall–Kier alpha value is -2.68. The van der Waals surface area contributed by atoms with E-state index in [2.05, 4.69) is 26.1 Å². The topological polar surface area (TPSA) is 124 Å². The Morgan fingerprint density at radius 1 is 1.43 bits per heavy atom. The van der Waals surface area contributed by atoms with Crippen LogP contribution in [-0.2, 0) is 0 Å². The fraction of sp³-hybridized carbons (Fsp3) is 0. The Morgan fingerprint density at radius 3 is 2.86 bits per heavy atom. The number of benzene rings is 1. The van der Waals surface area contributed by atoms with E-state index in [0.717, 1.165) is 0 Å². The maximum absolute atomic E-state index is 10.8. The lowest BCUT2D eigenvalue weighted by molar-refractivity contribution is -0.384. The number of hydrogen-bond donors (Lipinski definition) is 2. The molecule has 8 nitrogen and oxygen atoms in total. The zero-order valence-corrected chi connectivity index (χ0v) is 12.0. The molecule has 0 amide bonds. The summed E-state index contributed by atoms with van der Waals surface area (Å²) in [5.74, 6) is 0.437. The highest BCUT2D eigenvalue weighted by Gasteiger charge is 2.12. The zero-order chi connectivity index (χ0) is 15.4. The van der Waals surface area contributed by atoms with E-state index in [0.29, 0.717) is 10.2 Å². The van der Waals surface area contributed by atoms with Crippen LogP contribution in [0.15, 0.2) is 46.2 Å². The minimum atomic E-state index is -0.520. The number of nitro benzene ring substituents is 1. The summed E-state index contributed by atoms with van der Waals surface area (Å²) in [6.07, 6.45) is 1.41. The summed E-state index contributed by atoms with van der Waals surface area (Å²) in [6, 6.07) is 7.14. The lowest BCUT2D eigenvalue weighted by Crippen LogP contribution is -2.14. The van der Waals surface area contributed by atoms with Crippen molar-refractivity contribution >= 4 is 27.5 Å². The summed E-state index contributed by atoms with van der Waals surface area (Å²) in [6.45, 7) is 0. The molecule has 9 heteroatoms. The van der Waals surface area contributed by atoms with Crippen molar-refractivity contribution in [3.63, 3.8) is 0 Å². The van der Waals surface area contributed by atoms with Crippen LogP contribution in [0, 0.1) is 10.1 Å². The Bertz CT molecular complexity index is 720. The first-order chi connectivity index (χ1) is 10.0. The number of pyridine rings is 1. The normalized spacial score (nSPS) is 11.2. The number of nitro groups is 1. The second-order valence-electron chi connectivity index (χ2n) is 3.84. The maximum atomic E-state index is 10.8. The first-order valence-electron chi connectivity index (χ1n) is 5.57. The van der Waals surface area contributed by atoms with Gasteiger partial charge < -0.3 is 15.7 Å². The molecule has 108 valence electrons. The van der Waals surface area contributed by atoms with Gasteiger partial charge in [0.1, 0.15) is 17.2 Å². The molecular formula is C12H9BrN4O4. The zero-order valence-electron chi connectivity index (χ0n) is 10.4. The Labute approximate surface area is 127 Å². The van der Waals surface area contributed by atoms with Crippen molar-refractivity contribution in [3.8, 4) is 11.5 Å². The predicted octanol–water partition coefficient (Wildman–Crippen LogP) is 2.64. The van der Waals surface area contributed by atoms with E-state index in [4.69, 9.17) is 15.7 Å². The van der Waals surface area contributed by atoms with E-state index in [1.165, 1.54) is 30.5 Å². The quantitative estimate of drug-likeness (QED) is 0.286. The van der Waals surface area contributed by atoms with Gasteiger partial charge in [-0.3, -0.25) is 15.1 Å². The van der Waals surface area contributed by atoms with Crippen LogP contribution in [-0.4, -0.2) is 21.0 Å². The number of ether oxygens (including phenoxy) is 1. The summed E-state index contributed by atoms with van der Waals surface area (Å²) >= 11 is 3.25. The minimum Gasteiger partial charge on any atom is -0.456 e. The molecule has 0 aliphatic carbocycles. The molecule has 0 fully saturated rings. The van der Waals surface area contributed by atoms with Crippen molar-refractivity contribution in [2.75, 3.05) is 0 Å². The van der Waals surface area contributed by atoms with Gasteiger partial charge in [0.2, 0.25) is 0 Å². The van der Waals surface area contributed by atoms with E-state index < -0.39 is 4.92 Å². The minimum absolute atomic E-state index is 0.0982. The van der Waals surface area contributed by atoms with E-state index in [1.54, 1.807) is 6.07 Å². The second kappa shape index (κ2) is 6.18. The first-order valence-corrected chi connectivity index (χ1v) is 6.36. The number of aromatic nitrogens is 1. The molecule has 0 unspecified atom stereocenters. The van der Waals surface area contributed by atoms with Crippen molar-refractivity contribution < 1.29 is 14.9 Å². The molecule has 0 saturated heterocycles. The van der Waals surface area contributed by atoms with E-state index in [-0.39, 0.29) is 23.0 Å². The number of oxime groups is 1. The average Bonchev–Trinajstić information content (AvgIpc) is 2.48. The number of halogens is 1. The molecule has 0 saturated carbocycles. The molecule has 1 aromatic heterocycles. The molecule has 0 bridgehead atoms. The Morgan fingerprint density at radius 2 is 2.19 bits per heavy atom. The fourth-order valence-corrected chi connectivity index (χ4v) is 1.80. The van der Waals surface area contributed by atoms with Gasteiger partial charge in [0, 0.05) is 18.3 Å². The lowest BCUT2D eigenvalue weighted by Gasteiger charge is -2.08. The molecule has 0 aliphatic rings. The number of hydrogen-bond acceptors (Lipinski definition) is 6. The predicted molar refractivity (Wildman–Crippen MR) is 77.6 cm³/mol. The Kier molecular flexibility index (Phi) is 4.33. The summed E-state index contributed by atoms with van der Waals surface area (Å²) in [5.41, 5.74) is 5.55. The van der Waals surface area contributed by atoms with E-state index in [9.17, 15) is 10.1 Å². The fourth-order valence-electron chi connectivity index (χ4n) is 1.48. The number of nitrogens with zero attached hydrogens (tertiary/aromatic N) is 3. The van der Waals surface area contributed by atoms with Gasteiger partial charge in [-0.2, -0.15) is 0 Å². The van der Waals surface area contributed by atoms with Gasteiger partial charge in [-0.15, -0.1) is 0 Å². The van der Waals surface area contributed by atoms with Crippen LogP contribution in [0.5, 0.6) is 11.5 Å². The molecule has 1 heterocycles. The number of non-ortho nitro benzene ring substituents is 1. The SMILES string of the molecule is N/C(=N/O)c1cc(Oc2cc([N+](=O)[O-])ccc2Br)ccn1. The highest BCUT2D eigenvalue weighted by atomic mass is 79.9. The highest BCUT2D eigenvalue weighted by molar-refractivity contribution is 9.10. The molecule has 2 rings (SSSR count). The van der Waals surface area contributed by atoms with Gasteiger partial charge in [0.25, 0.3) is 5.69 Å². The van der Waals surface area contributed by atoms with Gasteiger partial charge in [-0.05, 0) is 28.1 Å². The summed E-state index contributed by atoms with van der Waals surface area (Å²) in [4.78, 5) is 14.1. The molecular weight excluding hydrogens is 344 g/mol. The third-order valence-corrected chi connectivity index (χ3v) is 3.11. The molecule has 1 aromatic carbocycles. The highest BCUT2D eigenvalue weighted by Crippen LogP contribution is 2.32. The first kappa shape index (κ1) is 14.7. The largest absolute Gasteiger partial charge is 0.456 e. The molecule has 2 aromatic rings. The van der Waals surface area contributed by atoms with Crippen LogP contribution in [0.1, 0.15) is 5.69 Å². The van der Waals surface area contributed by atoms with Crippen LogP contribution in [0.3, 0.4) is 0 Å². The smallest absolute Gasteiger partial charge is 0.273 e. The van der Waals surface area contributed by atoms with Crippen LogP contribution in [0.25, 0.3) is 0 Å². The van der Waals surface area contributed by atoms with Crippen molar-refractivity contribution in [3.05, 3.63) is 56.8 Å². The van der Waals surface area contributed by atoms with E-state index >= 15 is 0 Å². The standard InChI is InChI=1S/C12H9BrN4O4/c13-9-2-1-7(17(19)20)5-11(9)21-8-3-4-15-10(6-8)12(14)16-18/h1-6,18H,(H2,14,16). The van der Waals surface area contributed by atoms with Crippen molar-refractivity contribution in [1.29, 1.82) is 0 Å². The van der Waals surface area contributed by atoms with Gasteiger partial charge in [0.15, 0.2) is 5.84 Å². The lowest BCUT2D eigenvalue weighted by atomic mass is 10.3. The number of nitrogens with two attached hydrogens (primary N) is 1. The summed E-state index contributed by atoms with van der Waals surface area (Å²) < 4.78 is 6.10. The summed E-state index contributed by atoms with van der Waals surface area (Å²) in [7, 11) is 0. The molecule has 0 radical (unpaired) electrons. The summed E-state index contributed by atoms with van der Waals surface area (Å²) in [5, 5.41) is 22.2. The average molecular weight is 353 g/mol. The third kappa shape index (κ3) is 3.45. The van der Waals surface area contributed by atoms with Gasteiger partial charge in [-0.25, -0.2) is 0 Å². The molecule has 3 N–H and O–H groups in total. The van der Waals surface area contributed by atoms with Crippen LogP contribution >= 0.6 is 15.9 Å². The van der Waals surface area contributed by atoms with Gasteiger partial charge in [0.05, 0.1) is 15.5 Å². The van der Waals surface area contributed by atoms with Crippen molar-refractivity contribution in [1.82, 2.24) is 4.98 Å². The van der Waals surface area contributed by atoms with Gasteiger partial charge >= 0.3 is 0 Å². The molecule has 0 aliphatic heterocycles. The monoisotopic (exact) mass is 352 g/mol. The molecule has 21 heavy (non-hydrogen) atoms. The third-order valence-electron chi connectivity index (χ3n) is 2.45. The molecule has 0 atom stereocenters. The molecule has 0 spiro atoms. The maximum Gasteiger partial charge on any atom is 0.273 e. The Balaban J connectivity index is 2.34. The van der Waals surface area contributed by atoms with Crippen LogP contribution < -0.4 is 10.5 Å². The van der Waals surface area contributed by atoms with Crippen molar-refractivity contribution in [2.45, 2.75) is 0 Å². The number of rotatable bonds is 4.